The summed E-state index contributed by atoms with van der Waals surface area (Å²) in [4.78, 5) is 28.7. The van der Waals surface area contributed by atoms with Gasteiger partial charge in [0.2, 0.25) is 5.91 Å². The van der Waals surface area contributed by atoms with Crippen LogP contribution in [0, 0.1) is 5.92 Å². The summed E-state index contributed by atoms with van der Waals surface area (Å²) >= 11 is 2.68. The van der Waals surface area contributed by atoms with Gasteiger partial charge in [0.05, 0.1) is 11.8 Å². The van der Waals surface area contributed by atoms with Crippen molar-refractivity contribution in [3.05, 3.63) is 53.3 Å². The van der Waals surface area contributed by atoms with Gasteiger partial charge in [-0.3, -0.25) is 9.59 Å². The Morgan fingerprint density at radius 1 is 1.17 bits per heavy atom. The summed E-state index contributed by atoms with van der Waals surface area (Å²) < 4.78 is 1.97. The second-order valence-corrected chi connectivity index (χ2v) is 8.92. The number of amides is 2. The number of thioether (sulfide) groups is 1. The largest absolute Gasteiger partial charge is 0.342 e. The lowest BCUT2D eigenvalue weighted by atomic mass is 10.2. The molecule has 158 valence electrons. The number of anilines is 1. The first-order valence-electron chi connectivity index (χ1n) is 9.55. The Balaban J connectivity index is 1.69. The van der Waals surface area contributed by atoms with Crippen LogP contribution in [0.3, 0.4) is 0 Å². The van der Waals surface area contributed by atoms with E-state index in [2.05, 4.69) is 39.7 Å². The molecule has 2 aromatic heterocycles. The first-order chi connectivity index (χ1) is 14.4. The monoisotopic (exact) mass is 444 g/mol. The van der Waals surface area contributed by atoms with Gasteiger partial charge in [0, 0.05) is 23.7 Å². The van der Waals surface area contributed by atoms with E-state index in [1.54, 1.807) is 23.7 Å². The van der Waals surface area contributed by atoms with Gasteiger partial charge >= 0.3 is 0 Å². The molecule has 0 saturated carbocycles. The van der Waals surface area contributed by atoms with Gasteiger partial charge in [-0.1, -0.05) is 43.8 Å². The van der Waals surface area contributed by atoms with Crippen LogP contribution in [0.25, 0.3) is 0 Å². The van der Waals surface area contributed by atoms with Crippen molar-refractivity contribution in [3.8, 4) is 0 Å². The van der Waals surface area contributed by atoms with Gasteiger partial charge in [-0.15, -0.1) is 21.5 Å². The summed E-state index contributed by atoms with van der Waals surface area (Å²) in [5.41, 5.74) is 0.590. The molecule has 0 spiro atoms. The van der Waals surface area contributed by atoms with E-state index in [1.165, 1.54) is 23.1 Å². The molecule has 3 rings (SSSR count). The average Bonchev–Trinajstić information content (AvgIpc) is 3.36. The molecule has 0 aliphatic rings. The first kappa shape index (κ1) is 22.0. The van der Waals surface area contributed by atoms with Crippen molar-refractivity contribution in [2.24, 2.45) is 5.92 Å². The number of thiazole rings is 1. The molecular formula is C20H24N6O2S2. The Morgan fingerprint density at radius 3 is 2.60 bits per heavy atom. The third-order valence-electron chi connectivity index (χ3n) is 4.08. The van der Waals surface area contributed by atoms with Crippen LogP contribution in [-0.2, 0) is 11.3 Å². The highest BCUT2D eigenvalue weighted by atomic mass is 32.2. The summed E-state index contributed by atoms with van der Waals surface area (Å²) in [5.74, 6) is 0.886. The highest BCUT2D eigenvalue weighted by molar-refractivity contribution is 7.99. The third-order valence-corrected chi connectivity index (χ3v) is 5.73. The van der Waals surface area contributed by atoms with Crippen molar-refractivity contribution in [3.63, 3.8) is 0 Å². The van der Waals surface area contributed by atoms with Crippen LogP contribution >= 0.6 is 23.1 Å². The average molecular weight is 445 g/mol. The number of aromatic nitrogens is 4. The van der Waals surface area contributed by atoms with Crippen molar-refractivity contribution in [1.29, 1.82) is 0 Å². The second kappa shape index (κ2) is 10.4. The molecule has 3 aromatic rings. The van der Waals surface area contributed by atoms with E-state index in [0.29, 0.717) is 34.1 Å². The number of hydrogen-bond acceptors (Lipinski definition) is 7. The number of hydrogen-bond donors (Lipinski definition) is 2. The molecule has 1 atom stereocenters. The predicted octanol–water partition coefficient (Wildman–Crippen LogP) is 3.61. The SMILES string of the molecule is CC(C)Cn1c(SCC(=O)Nc2nccs2)nnc1[C@@H](C)NC(=O)c1ccccc1. The van der Waals surface area contributed by atoms with E-state index in [1.807, 2.05) is 29.7 Å². The topological polar surface area (TPSA) is 102 Å². The van der Waals surface area contributed by atoms with Crippen LogP contribution in [0.2, 0.25) is 0 Å². The lowest BCUT2D eigenvalue weighted by Crippen LogP contribution is -2.29. The summed E-state index contributed by atoms with van der Waals surface area (Å²) in [7, 11) is 0. The number of nitrogens with one attached hydrogen (secondary N) is 2. The Bertz CT molecular complexity index is 973. The fraction of sp³-hybridized carbons (Fsp3) is 0.350. The van der Waals surface area contributed by atoms with Crippen molar-refractivity contribution in [1.82, 2.24) is 25.1 Å². The van der Waals surface area contributed by atoms with Crippen LogP contribution in [-0.4, -0.2) is 37.3 Å². The van der Waals surface area contributed by atoms with Gasteiger partial charge in [-0.05, 0) is 25.0 Å². The Kier molecular flexibility index (Phi) is 7.58. The Hall–Kier alpha value is -2.72. The fourth-order valence-corrected chi connectivity index (χ4v) is 4.07. The summed E-state index contributed by atoms with van der Waals surface area (Å²) in [6, 6.07) is 8.72. The number of carbonyl (C=O) groups is 2. The van der Waals surface area contributed by atoms with Crippen molar-refractivity contribution < 1.29 is 9.59 Å². The third kappa shape index (κ3) is 5.90. The molecule has 2 amide bonds. The summed E-state index contributed by atoms with van der Waals surface area (Å²) in [5, 5.41) is 17.3. The van der Waals surface area contributed by atoms with E-state index < -0.39 is 0 Å². The summed E-state index contributed by atoms with van der Waals surface area (Å²) in [6.45, 7) is 6.76. The maximum Gasteiger partial charge on any atom is 0.251 e. The van der Waals surface area contributed by atoms with Gasteiger partial charge in [0.25, 0.3) is 5.91 Å². The van der Waals surface area contributed by atoms with Gasteiger partial charge in [-0.25, -0.2) is 4.98 Å². The molecule has 8 nitrogen and oxygen atoms in total. The van der Waals surface area contributed by atoms with E-state index in [0.717, 1.165) is 0 Å². The van der Waals surface area contributed by atoms with Crippen LogP contribution < -0.4 is 10.6 Å². The predicted molar refractivity (Wildman–Crippen MR) is 119 cm³/mol. The van der Waals surface area contributed by atoms with Crippen LogP contribution in [0.15, 0.2) is 47.1 Å². The number of benzene rings is 1. The normalized spacial score (nSPS) is 12.0. The highest BCUT2D eigenvalue weighted by Gasteiger charge is 2.21. The molecule has 0 saturated heterocycles. The molecule has 0 radical (unpaired) electrons. The minimum absolute atomic E-state index is 0.152. The lowest BCUT2D eigenvalue weighted by molar-refractivity contribution is -0.113. The zero-order valence-electron chi connectivity index (χ0n) is 17.0. The maximum atomic E-state index is 12.5. The zero-order valence-corrected chi connectivity index (χ0v) is 18.7. The van der Waals surface area contributed by atoms with Gasteiger partial charge in [0.15, 0.2) is 16.1 Å². The van der Waals surface area contributed by atoms with E-state index in [9.17, 15) is 9.59 Å². The first-order valence-corrected chi connectivity index (χ1v) is 11.4. The van der Waals surface area contributed by atoms with Gasteiger partial charge in [0.1, 0.15) is 0 Å². The number of rotatable bonds is 9. The van der Waals surface area contributed by atoms with Crippen molar-refractivity contribution in [2.45, 2.75) is 38.5 Å². The quantitative estimate of drug-likeness (QED) is 0.489. The Morgan fingerprint density at radius 2 is 1.93 bits per heavy atom. The van der Waals surface area contributed by atoms with Gasteiger partial charge in [-0.2, -0.15) is 0 Å². The molecule has 0 unspecified atom stereocenters. The molecule has 1 aromatic carbocycles. The molecule has 2 N–H and O–H groups in total. The molecule has 2 heterocycles. The van der Waals surface area contributed by atoms with Crippen LogP contribution in [0.1, 0.15) is 43.0 Å². The van der Waals surface area contributed by atoms with Crippen molar-refractivity contribution in [2.75, 3.05) is 11.1 Å². The highest BCUT2D eigenvalue weighted by Crippen LogP contribution is 2.23. The van der Waals surface area contributed by atoms with Crippen molar-refractivity contribution >= 4 is 40.0 Å². The molecular weight excluding hydrogens is 420 g/mol. The Labute approximate surface area is 183 Å². The minimum Gasteiger partial charge on any atom is -0.342 e. The second-order valence-electron chi connectivity index (χ2n) is 7.08. The van der Waals surface area contributed by atoms with E-state index in [-0.39, 0.29) is 23.6 Å². The fourth-order valence-electron chi connectivity index (χ4n) is 2.77. The molecule has 0 aliphatic carbocycles. The molecule has 0 aliphatic heterocycles. The lowest BCUT2D eigenvalue weighted by Gasteiger charge is -2.17. The molecule has 0 bridgehead atoms. The summed E-state index contributed by atoms with van der Waals surface area (Å²) in [6.07, 6.45) is 1.64. The van der Waals surface area contributed by atoms with Crippen LogP contribution in [0.4, 0.5) is 5.13 Å². The standard InChI is InChI=1S/C20H24N6O2S2/c1-13(2)11-26-17(14(3)22-18(28)15-7-5-4-6-8-15)24-25-20(26)30-12-16(27)23-19-21-9-10-29-19/h4-10,13-14H,11-12H2,1-3H3,(H,22,28)(H,21,23,27)/t14-/m1/s1. The van der Waals surface area contributed by atoms with E-state index >= 15 is 0 Å². The number of carbonyl (C=O) groups excluding carboxylic acids is 2. The van der Waals surface area contributed by atoms with Gasteiger partial charge < -0.3 is 15.2 Å². The molecule has 0 fully saturated rings. The maximum absolute atomic E-state index is 12.5. The minimum atomic E-state index is -0.331. The smallest absolute Gasteiger partial charge is 0.251 e. The molecule has 10 heteroatoms. The van der Waals surface area contributed by atoms with E-state index in [4.69, 9.17) is 0 Å². The zero-order chi connectivity index (χ0) is 21.5. The van der Waals surface area contributed by atoms with Crippen LogP contribution in [0.5, 0.6) is 0 Å². The molecule has 30 heavy (non-hydrogen) atoms. The number of nitrogens with zero attached hydrogens (tertiary/aromatic N) is 4.